The molecule has 0 aliphatic heterocycles. The molecule has 2 unspecified atom stereocenters. The molecular formula is C15H16ClN. The molecule has 1 saturated carbocycles. The fourth-order valence-corrected chi connectivity index (χ4v) is 3.29. The van der Waals surface area contributed by atoms with Gasteiger partial charge in [-0.2, -0.15) is 0 Å². The normalized spacial score (nSPS) is 25.0. The Labute approximate surface area is 107 Å². The van der Waals surface area contributed by atoms with E-state index in [-0.39, 0.29) is 5.38 Å². The first-order valence-corrected chi connectivity index (χ1v) is 6.76. The van der Waals surface area contributed by atoms with Gasteiger partial charge in [-0.1, -0.05) is 37.1 Å². The molecule has 3 rings (SSSR count). The first-order chi connectivity index (χ1) is 8.36. The monoisotopic (exact) mass is 245 g/mol. The van der Waals surface area contributed by atoms with Crippen LogP contribution < -0.4 is 0 Å². The van der Waals surface area contributed by atoms with Gasteiger partial charge in [0.2, 0.25) is 0 Å². The molecule has 1 fully saturated rings. The van der Waals surface area contributed by atoms with Crippen LogP contribution in [-0.2, 0) is 0 Å². The summed E-state index contributed by atoms with van der Waals surface area (Å²) in [5, 5.41) is 2.82. The Hall–Kier alpha value is -1.08. The lowest BCUT2D eigenvalue weighted by Gasteiger charge is -2.28. The predicted octanol–water partition coefficient (Wildman–Crippen LogP) is 4.50. The van der Waals surface area contributed by atoms with E-state index in [0.717, 1.165) is 6.42 Å². The SMILES string of the molecule is ClC1CCCCC1c1cncc2ccccc12. The summed E-state index contributed by atoms with van der Waals surface area (Å²) in [5.74, 6) is 0.476. The van der Waals surface area contributed by atoms with Crippen LogP contribution in [0.25, 0.3) is 10.8 Å². The summed E-state index contributed by atoms with van der Waals surface area (Å²) in [7, 11) is 0. The number of alkyl halides is 1. The molecule has 1 nitrogen and oxygen atoms in total. The number of hydrogen-bond donors (Lipinski definition) is 0. The summed E-state index contributed by atoms with van der Waals surface area (Å²) in [4.78, 5) is 4.36. The number of aromatic nitrogens is 1. The van der Waals surface area contributed by atoms with Gasteiger partial charge in [-0.3, -0.25) is 4.98 Å². The maximum Gasteiger partial charge on any atom is 0.0405 e. The van der Waals surface area contributed by atoms with Crippen LogP contribution in [0.1, 0.15) is 37.2 Å². The summed E-state index contributed by atoms with van der Waals surface area (Å²) in [6.45, 7) is 0. The maximum absolute atomic E-state index is 6.49. The minimum atomic E-state index is 0.274. The molecule has 88 valence electrons. The fourth-order valence-electron chi connectivity index (χ4n) is 2.87. The van der Waals surface area contributed by atoms with E-state index in [4.69, 9.17) is 11.6 Å². The molecule has 2 atom stereocenters. The van der Waals surface area contributed by atoms with E-state index < -0.39 is 0 Å². The van der Waals surface area contributed by atoms with Crippen LogP contribution in [0.4, 0.5) is 0 Å². The summed E-state index contributed by atoms with van der Waals surface area (Å²) < 4.78 is 0. The van der Waals surface area contributed by atoms with E-state index in [1.807, 2.05) is 12.4 Å². The van der Waals surface area contributed by atoms with E-state index in [2.05, 4.69) is 29.2 Å². The molecule has 1 aromatic heterocycles. The second-order valence-corrected chi connectivity index (χ2v) is 5.42. The summed E-state index contributed by atoms with van der Waals surface area (Å²) in [6, 6.07) is 8.47. The quantitative estimate of drug-likeness (QED) is 0.674. The van der Waals surface area contributed by atoms with Crippen molar-refractivity contribution in [2.24, 2.45) is 0 Å². The highest BCUT2D eigenvalue weighted by molar-refractivity contribution is 6.21. The van der Waals surface area contributed by atoms with Crippen molar-refractivity contribution in [2.75, 3.05) is 0 Å². The number of fused-ring (bicyclic) bond motifs is 1. The predicted molar refractivity (Wildman–Crippen MR) is 72.6 cm³/mol. The third kappa shape index (κ3) is 2.04. The smallest absolute Gasteiger partial charge is 0.0405 e. The molecule has 2 heteroatoms. The molecule has 0 N–H and O–H groups in total. The Morgan fingerprint density at radius 2 is 1.88 bits per heavy atom. The number of nitrogens with zero attached hydrogens (tertiary/aromatic N) is 1. The van der Waals surface area contributed by atoms with Crippen molar-refractivity contribution < 1.29 is 0 Å². The molecule has 17 heavy (non-hydrogen) atoms. The lowest BCUT2D eigenvalue weighted by atomic mass is 9.82. The highest BCUT2D eigenvalue weighted by Crippen LogP contribution is 2.38. The van der Waals surface area contributed by atoms with Gasteiger partial charge in [0.15, 0.2) is 0 Å². The largest absolute Gasteiger partial charge is 0.264 e. The van der Waals surface area contributed by atoms with Crippen LogP contribution in [-0.4, -0.2) is 10.4 Å². The molecule has 0 spiro atoms. The third-order valence-electron chi connectivity index (χ3n) is 3.78. The van der Waals surface area contributed by atoms with E-state index in [9.17, 15) is 0 Å². The van der Waals surface area contributed by atoms with E-state index in [1.54, 1.807) is 0 Å². The molecule has 0 saturated heterocycles. The lowest BCUT2D eigenvalue weighted by Crippen LogP contribution is -2.18. The lowest BCUT2D eigenvalue weighted by molar-refractivity contribution is 0.452. The standard InChI is InChI=1S/C15H16ClN/c16-15-8-4-3-7-13(15)14-10-17-9-11-5-1-2-6-12(11)14/h1-2,5-6,9-10,13,15H,3-4,7-8H2. The highest BCUT2D eigenvalue weighted by Gasteiger charge is 2.26. The zero-order valence-corrected chi connectivity index (χ0v) is 10.5. The average molecular weight is 246 g/mol. The number of pyridine rings is 1. The van der Waals surface area contributed by atoms with Crippen molar-refractivity contribution in [3.63, 3.8) is 0 Å². The first-order valence-electron chi connectivity index (χ1n) is 6.33. The van der Waals surface area contributed by atoms with Gasteiger partial charge in [0, 0.05) is 29.1 Å². The minimum Gasteiger partial charge on any atom is -0.264 e. The number of hydrogen-bond acceptors (Lipinski definition) is 1. The fraction of sp³-hybridized carbons (Fsp3) is 0.400. The second kappa shape index (κ2) is 4.66. The van der Waals surface area contributed by atoms with Gasteiger partial charge in [0.25, 0.3) is 0 Å². The zero-order valence-electron chi connectivity index (χ0n) is 9.77. The van der Waals surface area contributed by atoms with E-state index in [1.165, 1.54) is 35.6 Å². The van der Waals surface area contributed by atoms with Crippen molar-refractivity contribution in [2.45, 2.75) is 37.0 Å². The van der Waals surface area contributed by atoms with Gasteiger partial charge in [0.05, 0.1) is 0 Å². The summed E-state index contributed by atoms with van der Waals surface area (Å²) >= 11 is 6.49. The van der Waals surface area contributed by atoms with Crippen molar-refractivity contribution in [1.82, 2.24) is 4.98 Å². The van der Waals surface area contributed by atoms with Crippen LogP contribution in [0, 0.1) is 0 Å². The van der Waals surface area contributed by atoms with Crippen molar-refractivity contribution in [3.05, 3.63) is 42.2 Å². The molecule has 1 heterocycles. The van der Waals surface area contributed by atoms with Crippen LogP contribution >= 0.6 is 11.6 Å². The minimum absolute atomic E-state index is 0.274. The van der Waals surface area contributed by atoms with Gasteiger partial charge < -0.3 is 0 Å². The molecule has 1 aliphatic carbocycles. The number of rotatable bonds is 1. The Morgan fingerprint density at radius 1 is 1.06 bits per heavy atom. The third-order valence-corrected chi connectivity index (χ3v) is 4.30. The maximum atomic E-state index is 6.49. The molecule has 1 aliphatic rings. The first kappa shape index (κ1) is 11.0. The molecule has 0 radical (unpaired) electrons. The molecule has 0 amide bonds. The molecule has 0 bridgehead atoms. The number of benzene rings is 1. The summed E-state index contributed by atoms with van der Waals surface area (Å²) in [6.07, 6.45) is 8.83. The molecular weight excluding hydrogens is 230 g/mol. The van der Waals surface area contributed by atoms with Gasteiger partial charge in [-0.05, 0) is 23.8 Å². The Morgan fingerprint density at radius 3 is 2.76 bits per heavy atom. The molecule has 1 aromatic carbocycles. The highest BCUT2D eigenvalue weighted by atomic mass is 35.5. The van der Waals surface area contributed by atoms with Crippen LogP contribution in [0.15, 0.2) is 36.7 Å². The van der Waals surface area contributed by atoms with Crippen molar-refractivity contribution in [3.8, 4) is 0 Å². The van der Waals surface area contributed by atoms with Gasteiger partial charge in [-0.15, -0.1) is 11.6 Å². The van der Waals surface area contributed by atoms with Crippen LogP contribution in [0.2, 0.25) is 0 Å². The second-order valence-electron chi connectivity index (χ2n) is 4.86. The average Bonchev–Trinajstić information content (AvgIpc) is 2.39. The Kier molecular flexibility index (Phi) is 3.02. The number of halogens is 1. The van der Waals surface area contributed by atoms with Gasteiger partial charge in [-0.25, -0.2) is 0 Å². The zero-order chi connectivity index (χ0) is 11.7. The van der Waals surface area contributed by atoms with E-state index in [0.29, 0.717) is 5.92 Å². The van der Waals surface area contributed by atoms with E-state index >= 15 is 0 Å². The van der Waals surface area contributed by atoms with Crippen LogP contribution in [0.5, 0.6) is 0 Å². The topological polar surface area (TPSA) is 12.9 Å². The Balaban J connectivity index is 2.10. The summed E-state index contributed by atoms with van der Waals surface area (Å²) in [5.41, 5.74) is 1.34. The van der Waals surface area contributed by atoms with Crippen molar-refractivity contribution in [1.29, 1.82) is 0 Å². The van der Waals surface area contributed by atoms with Crippen LogP contribution in [0.3, 0.4) is 0 Å². The molecule has 2 aromatic rings. The van der Waals surface area contributed by atoms with Gasteiger partial charge >= 0.3 is 0 Å². The van der Waals surface area contributed by atoms with Crippen molar-refractivity contribution >= 4 is 22.4 Å². The Bertz CT molecular complexity index is 518. The van der Waals surface area contributed by atoms with Gasteiger partial charge in [0.1, 0.15) is 0 Å².